The van der Waals surface area contributed by atoms with E-state index in [1.54, 1.807) is 0 Å². The third kappa shape index (κ3) is 29.3. The van der Waals surface area contributed by atoms with Crippen molar-refractivity contribution in [3.8, 4) is 0 Å². The van der Waals surface area contributed by atoms with E-state index in [0.717, 1.165) is 38.8 Å². The van der Waals surface area contributed by atoms with Gasteiger partial charge >= 0.3 is 0 Å². The van der Waals surface area contributed by atoms with E-state index in [0.29, 0.717) is 0 Å². The molecule has 0 heterocycles. The highest BCUT2D eigenvalue weighted by molar-refractivity contribution is 5.73. The van der Waals surface area contributed by atoms with E-state index in [9.17, 15) is 14.4 Å². The molecule has 0 saturated carbocycles. The second-order valence-corrected chi connectivity index (χ2v) is 3.99. The van der Waals surface area contributed by atoms with Gasteiger partial charge in [-0.15, -0.1) is 0 Å². The summed E-state index contributed by atoms with van der Waals surface area (Å²) in [7, 11) is 0. The Kier molecular flexibility index (Phi) is 14.0. The number of primary amides is 1. The molecule has 0 aromatic rings. The van der Waals surface area contributed by atoms with Gasteiger partial charge in [-0.2, -0.15) is 0 Å². The summed E-state index contributed by atoms with van der Waals surface area (Å²) >= 11 is 0. The van der Waals surface area contributed by atoms with Crippen LogP contribution in [0.2, 0.25) is 0 Å². The molecule has 0 spiro atoms. The van der Waals surface area contributed by atoms with Gasteiger partial charge in [0, 0.05) is 33.9 Å². The zero-order valence-corrected chi connectivity index (χ0v) is 11.5. The molecular formula is C12H25N3O3. The van der Waals surface area contributed by atoms with Crippen LogP contribution in [-0.2, 0) is 14.4 Å². The molecular weight excluding hydrogens is 234 g/mol. The second kappa shape index (κ2) is 13.5. The van der Waals surface area contributed by atoms with Crippen LogP contribution < -0.4 is 16.4 Å². The van der Waals surface area contributed by atoms with Crippen molar-refractivity contribution in [3.63, 3.8) is 0 Å². The Hall–Kier alpha value is -1.59. The number of carbonyl (C=O) groups excluding carboxylic acids is 3. The summed E-state index contributed by atoms with van der Waals surface area (Å²) < 4.78 is 0. The highest BCUT2D eigenvalue weighted by Crippen LogP contribution is 1.97. The van der Waals surface area contributed by atoms with Crippen LogP contribution in [0.15, 0.2) is 0 Å². The summed E-state index contributed by atoms with van der Waals surface area (Å²) in [5.41, 5.74) is 4.47. The molecule has 0 rings (SSSR count). The van der Waals surface area contributed by atoms with Gasteiger partial charge in [-0.25, -0.2) is 0 Å². The Balaban J connectivity index is 0. The molecule has 0 atom stereocenters. The van der Waals surface area contributed by atoms with Gasteiger partial charge in [-0.3, -0.25) is 14.4 Å². The number of amides is 3. The average molecular weight is 259 g/mol. The lowest BCUT2D eigenvalue weighted by Crippen LogP contribution is -2.21. The Morgan fingerprint density at radius 1 is 0.778 bits per heavy atom. The van der Waals surface area contributed by atoms with Gasteiger partial charge in [0.05, 0.1) is 0 Å². The van der Waals surface area contributed by atoms with Gasteiger partial charge in [0.2, 0.25) is 17.7 Å². The van der Waals surface area contributed by atoms with E-state index < -0.39 is 0 Å². The Bertz CT molecular complexity index is 231. The Morgan fingerprint density at radius 3 is 1.28 bits per heavy atom. The van der Waals surface area contributed by atoms with Crippen molar-refractivity contribution < 1.29 is 14.4 Å². The largest absolute Gasteiger partial charge is 0.370 e. The van der Waals surface area contributed by atoms with Crippen LogP contribution in [-0.4, -0.2) is 30.8 Å². The number of carbonyl (C=O) groups is 3. The molecule has 0 aromatic carbocycles. The van der Waals surface area contributed by atoms with Crippen molar-refractivity contribution in [2.24, 2.45) is 5.73 Å². The van der Waals surface area contributed by atoms with Crippen LogP contribution in [0, 0.1) is 0 Å². The first-order chi connectivity index (χ1) is 8.36. The third-order valence-electron chi connectivity index (χ3n) is 1.85. The fraction of sp³-hybridized carbons (Fsp3) is 0.750. The maximum absolute atomic E-state index is 10.5. The van der Waals surface area contributed by atoms with E-state index in [-0.39, 0.29) is 17.7 Å². The van der Waals surface area contributed by atoms with Gasteiger partial charge in [0.25, 0.3) is 0 Å². The van der Waals surface area contributed by atoms with E-state index in [2.05, 4.69) is 16.4 Å². The van der Waals surface area contributed by atoms with Gasteiger partial charge in [-0.05, 0) is 12.8 Å². The zero-order valence-electron chi connectivity index (χ0n) is 11.5. The zero-order chi connectivity index (χ0) is 14.4. The van der Waals surface area contributed by atoms with Gasteiger partial charge < -0.3 is 16.4 Å². The molecule has 0 bridgehead atoms. The maximum atomic E-state index is 10.5. The molecule has 3 amide bonds. The molecule has 4 N–H and O–H groups in total. The first-order valence-corrected chi connectivity index (χ1v) is 6.11. The highest BCUT2D eigenvalue weighted by atomic mass is 16.2. The lowest BCUT2D eigenvalue weighted by Gasteiger charge is -2.03. The average Bonchev–Trinajstić information content (AvgIpc) is 2.20. The second-order valence-electron chi connectivity index (χ2n) is 3.99. The van der Waals surface area contributed by atoms with E-state index in [4.69, 9.17) is 0 Å². The van der Waals surface area contributed by atoms with Crippen LogP contribution in [0.4, 0.5) is 0 Å². The summed E-state index contributed by atoms with van der Waals surface area (Å²) in [6, 6.07) is 0. The lowest BCUT2D eigenvalue weighted by molar-refractivity contribution is -0.119. The summed E-state index contributed by atoms with van der Waals surface area (Å²) in [6.45, 7) is 5.87. The molecule has 0 fully saturated rings. The predicted molar refractivity (Wildman–Crippen MR) is 70.7 cm³/mol. The minimum absolute atomic E-state index is 0.0308. The normalized spacial score (nSPS) is 8.83. The van der Waals surface area contributed by atoms with Gasteiger partial charge in [-0.1, -0.05) is 12.8 Å². The molecule has 106 valence electrons. The number of rotatable bonds is 7. The van der Waals surface area contributed by atoms with Gasteiger partial charge in [0.1, 0.15) is 0 Å². The quantitative estimate of drug-likeness (QED) is 0.573. The maximum Gasteiger partial charge on any atom is 0.216 e. The lowest BCUT2D eigenvalue weighted by atomic mass is 10.2. The molecule has 0 radical (unpaired) electrons. The molecule has 18 heavy (non-hydrogen) atoms. The number of hydrogen-bond acceptors (Lipinski definition) is 3. The molecule has 0 aliphatic heterocycles. The Morgan fingerprint density at radius 2 is 1.06 bits per heavy atom. The predicted octanol–water partition coefficient (Wildman–Crippen LogP) is 0.311. The Labute approximate surface area is 109 Å². The number of hydrogen-bond donors (Lipinski definition) is 3. The van der Waals surface area contributed by atoms with E-state index in [1.165, 1.54) is 20.8 Å². The monoisotopic (exact) mass is 259 g/mol. The minimum Gasteiger partial charge on any atom is -0.370 e. The summed E-state index contributed by atoms with van der Waals surface area (Å²) in [4.78, 5) is 30.2. The van der Waals surface area contributed by atoms with Crippen molar-refractivity contribution in [1.29, 1.82) is 0 Å². The van der Waals surface area contributed by atoms with E-state index in [1.807, 2.05) is 0 Å². The van der Waals surface area contributed by atoms with Crippen molar-refractivity contribution in [2.75, 3.05) is 13.1 Å². The highest BCUT2D eigenvalue weighted by Gasteiger charge is 1.93. The fourth-order valence-electron chi connectivity index (χ4n) is 1.13. The van der Waals surface area contributed by atoms with Gasteiger partial charge in [0.15, 0.2) is 0 Å². The first kappa shape index (κ1) is 18.8. The topological polar surface area (TPSA) is 101 Å². The first-order valence-electron chi connectivity index (χ1n) is 6.11. The standard InChI is InChI=1S/C10H20N2O2.C2H5NO/c1-9(13)11-7-5-3-4-6-8-12-10(2)14;1-2(3)4/h3-8H2,1-2H3,(H,11,13)(H,12,14);1H3,(H2,3,4). The minimum atomic E-state index is -0.333. The molecule has 0 saturated heterocycles. The van der Waals surface area contributed by atoms with Crippen molar-refractivity contribution >= 4 is 17.7 Å². The molecule has 0 aromatic heterocycles. The molecule has 0 aliphatic carbocycles. The van der Waals surface area contributed by atoms with Crippen LogP contribution in [0.25, 0.3) is 0 Å². The number of unbranched alkanes of at least 4 members (excludes halogenated alkanes) is 3. The number of nitrogens with two attached hydrogens (primary N) is 1. The fourth-order valence-corrected chi connectivity index (χ4v) is 1.13. The molecule has 6 heteroatoms. The van der Waals surface area contributed by atoms with Crippen molar-refractivity contribution in [3.05, 3.63) is 0 Å². The van der Waals surface area contributed by atoms with Crippen LogP contribution in [0.1, 0.15) is 46.5 Å². The molecule has 0 unspecified atom stereocenters. The van der Waals surface area contributed by atoms with Crippen molar-refractivity contribution in [1.82, 2.24) is 10.6 Å². The summed E-state index contributed by atoms with van der Waals surface area (Å²) in [5.74, 6) is -0.272. The summed E-state index contributed by atoms with van der Waals surface area (Å²) in [5, 5.41) is 5.49. The SMILES string of the molecule is CC(=O)NCCCCCCNC(C)=O.CC(N)=O. The molecule has 6 nitrogen and oxygen atoms in total. The number of nitrogens with one attached hydrogen (secondary N) is 2. The van der Waals surface area contributed by atoms with E-state index >= 15 is 0 Å². The third-order valence-corrected chi connectivity index (χ3v) is 1.85. The smallest absolute Gasteiger partial charge is 0.216 e. The van der Waals surface area contributed by atoms with Crippen LogP contribution in [0.3, 0.4) is 0 Å². The molecule has 0 aliphatic rings. The van der Waals surface area contributed by atoms with Crippen LogP contribution in [0.5, 0.6) is 0 Å². The van der Waals surface area contributed by atoms with Crippen LogP contribution >= 0.6 is 0 Å². The summed E-state index contributed by atoms with van der Waals surface area (Å²) in [6.07, 6.45) is 4.22. The van der Waals surface area contributed by atoms with Crippen molar-refractivity contribution in [2.45, 2.75) is 46.5 Å².